The van der Waals surface area contributed by atoms with Crippen molar-refractivity contribution < 1.29 is 13.2 Å². The summed E-state index contributed by atoms with van der Waals surface area (Å²) in [5.41, 5.74) is -0.112. The Bertz CT molecular complexity index is 332. The van der Waals surface area contributed by atoms with E-state index in [1.807, 2.05) is 0 Å². The maximum atomic E-state index is 13.2. The lowest BCUT2D eigenvalue weighted by Crippen LogP contribution is -2.19. The van der Waals surface area contributed by atoms with Gasteiger partial charge in [-0.25, -0.2) is 13.2 Å². The SMILES string of the molecule is C[Si](C)(C)C[CH]c1c(F)cc(F)cc1F. The zero-order valence-electron chi connectivity index (χ0n) is 9.07. The molecule has 0 heterocycles. The molecule has 0 aliphatic heterocycles. The van der Waals surface area contributed by atoms with Gasteiger partial charge in [-0.05, 0) is 12.5 Å². The van der Waals surface area contributed by atoms with Crippen LogP contribution in [-0.2, 0) is 0 Å². The van der Waals surface area contributed by atoms with Crippen LogP contribution in [0.4, 0.5) is 13.2 Å². The summed E-state index contributed by atoms with van der Waals surface area (Å²) >= 11 is 0. The van der Waals surface area contributed by atoms with Crippen molar-refractivity contribution in [2.45, 2.75) is 25.7 Å². The van der Waals surface area contributed by atoms with E-state index in [9.17, 15) is 13.2 Å². The molecule has 0 saturated heterocycles. The summed E-state index contributed by atoms with van der Waals surface area (Å²) in [6.45, 7) is 6.30. The molecule has 0 aliphatic rings. The van der Waals surface area contributed by atoms with Crippen LogP contribution in [0.3, 0.4) is 0 Å². The van der Waals surface area contributed by atoms with Crippen molar-refractivity contribution in [3.05, 3.63) is 41.6 Å². The summed E-state index contributed by atoms with van der Waals surface area (Å²) < 4.78 is 39.0. The molecule has 1 radical (unpaired) electrons. The first-order valence-electron chi connectivity index (χ1n) is 4.77. The fraction of sp³-hybridized carbons (Fsp3) is 0.364. The van der Waals surface area contributed by atoms with E-state index < -0.39 is 25.5 Å². The Labute approximate surface area is 89.1 Å². The van der Waals surface area contributed by atoms with Crippen molar-refractivity contribution in [1.29, 1.82) is 0 Å². The molecule has 0 nitrogen and oxygen atoms in total. The predicted octanol–water partition coefficient (Wildman–Crippen LogP) is 3.99. The quantitative estimate of drug-likeness (QED) is 0.690. The average Bonchev–Trinajstić information content (AvgIpc) is 1.99. The highest BCUT2D eigenvalue weighted by atomic mass is 28.3. The van der Waals surface area contributed by atoms with Crippen LogP contribution in [-0.4, -0.2) is 8.07 Å². The Kier molecular flexibility index (Phi) is 3.60. The Morgan fingerprint density at radius 2 is 1.53 bits per heavy atom. The average molecular weight is 231 g/mol. The Hall–Kier alpha value is -0.773. The van der Waals surface area contributed by atoms with Crippen molar-refractivity contribution in [2.24, 2.45) is 0 Å². The van der Waals surface area contributed by atoms with E-state index in [0.29, 0.717) is 18.2 Å². The standard InChI is InChI=1S/C11H14F3Si/c1-15(2,3)5-4-9-10(13)6-8(12)7-11(9)14/h4,6-7H,5H2,1-3H3. The summed E-state index contributed by atoms with van der Waals surface area (Å²) in [4.78, 5) is 0. The largest absolute Gasteiger partial charge is 0.207 e. The maximum Gasteiger partial charge on any atom is 0.132 e. The third kappa shape index (κ3) is 3.70. The first-order valence-corrected chi connectivity index (χ1v) is 8.48. The van der Waals surface area contributed by atoms with E-state index >= 15 is 0 Å². The molecule has 0 aromatic heterocycles. The lowest BCUT2D eigenvalue weighted by Gasteiger charge is -2.15. The van der Waals surface area contributed by atoms with Gasteiger partial charge in [-0.15, -0.1) is 0 Å². The van der Waals surface area contributed by atoms with E-state index in [-0.39, 0.29) is 5.56 Å². The van der Waals surface area contributed by atoms with E-state index in [0.717, 1.165) is 0 Å². The highest BCUT2D eigenvalue weighted by Gasteiger charge is 2.17. The van der Waals surface area contributed by atoms with E-state index in [1.54, 1.807) is 0 Å². The minimum Gasteiger partial charge on any atom is -0.207 e. The van der Waals surface area contributed by atoms with Gasteiger partial charge < -0.3 is 0 Å². The molecule has 0 unspecified atom stereocenters. The van der Waals surface area contributed by atoms with Gasteiger partial charge in [-0.1, -0.05) is 19.6 Å². The van der Waals surface area contributed by atoms with Gasteiger partial charge in [0, 0.05) is 25.8 Å². The van der Waals surface area contributed by atoms with Crippen LogP contribution in [0.15, 0.2) is 12.1 Å². The number of benzene rings is 1. The summed E-state index contributed by atoms with van der Waals surface area (Å²) in [7, 11) is -1.38. The zero-order valence-corrected chi connectivity index (χ0v) is 10.1. The molecule has 0 saturated carbocycles. The summed E-state index contributed by atoms with van der Waals surface area (Å²) in [5.74, 6) is -2.54. The second-order valence-corrected chi connectivity index (χ2v) is 10.3. The molecule has 1 aromatic rings. The molecule has 0 N–H and O–H groups in total. The fourth-order valence-corrected chi connectivity index (χ4v) is 1.97. The first-order chi connectivity index (χ1) is 6.79. The number of hydrogen-bond acceptors (Lipinski definition) is 0. The Balaban J connectivity index is 2.86. The van der Waals surface area contributed by atoms with Gasteiger partial charge in [0.2, 0.25) is 0 Å². The molecule has 1 rings (SSSR count). The van der Waals surface area contributed by atoms with Gasteiger partial charge in [0.25, 0.3) is 0 Å². The highest BCUT2D eigenvalue weighted by molar-refractivity contribution is 6.76. The van der Waals surface area contributed by atoms with Crippen LogP contribution in [0.1, 0.15) is 5.56 Å². The fourth-order valence-electron chi connectivity index (χ4n) is 1.16. The molecule has 0 spiro atoms. The van der Waals surface area contributed by atoms with Crippen LogP contribution in [0.2, 0.25) is 25.7 Å². The van der Waals surface area contributed by atoms with Crippen molar-refractivity contribution in [3.63, 3.8) is 0 Å². The molecule has 4 heteroatoms. The topological polar surface area (TPSA) is 0 Å². The lowest BCUT2D eigenvalue weighted by molar-refractivity contribution is 0.534. The molecule has 83 valence electrons. The molecule has 0 bridgehead atoms. The molecule has 1 aromatic carbocycles. The third-order valence-electron chi connectivity index (χ3n) is 1.96. The maximum absolute atomic E-state index is 13.2. The van der Waals surface area contributed by atoms with Gasteiger partial charge in [-0.3, -0.25) is 0 Å². The van der Waals surface area contributed by atoms with Gasteiger partial charge in [-0.2, -0.15) is 0 Å². The molecule has 0 amide bonds. The second kappa shape index (κ2) is 4.39. The van der Waals surface area contributed by atoms with Crippen LogP contribution < -0.4 is 0 Å². The van der Waals surface area contributed by atoms with Crippen LogP contribution >= 0.6 is 0 Å². The van der Waals surface area contributed by atoms with Gasteiger partial charge in [0.1, 0.15) is 17.5 Å². The lowest BCUT2D eigenvalue weighted by atomic mass is 10.1. The number of hydrogen-bond donors (Lipinski definition) is 0. The molecule has 0 atom stereocenters. The predicted molar refractivity (Wildman–Crippen MR) is 57.9 cm³/mol. The number of halogens is 3. The Morgan fingerprint density at radius 3 is 1.93 bits per heavy atom. The first kappa shape index (κ1) is 12.3. The monoisotopic (exact) mass is 231 g/mol. The van der Waals surface area contributed by atoms with Crippen LogP contribution in [0, 0.1) is 23.9 Å². The molecule has 0 fully saturated rings. The van der Waals surface area contributed by atoms with Crippen LogP contribution in [0.5, 0.6) is 0 Å². The highest BCUT2D eigenvalue weighted by Crippen LogP contribution is 2.21. The van der Waals surface area contributed by atoms with Gasteiger partial charge >= 0.3 is 0 Å². The summed E-state index contributed by atoms with van der Waals surface area (Å²) in [6, 6.07) is 2.09. The second-order valence-electron chi connectivity index (χ2n) is 4.75. The van der Waals surface area contributed by atoms with Crippen molar-refractivity contribution in [2.75, 3.05) is 0 Å². The van der Waals surface area contributed by atoms with E-state index in [2.05, 4.69) is 19.6 Å². The summed E-state index contributed by atoms with van der Waals surface area (Å²) in [6.07, 6.45) is 1.52. The molecule has 0 aliphatic carbocycles. The minimum atomic E-state index is -1.38. The number of rotatable bonds is 3. The normalized spacial score (nSPS) is 11.9. The molecular formula is C11H14F3Si. The van der Waals surface area contributed by atoms with Crippen molar-refractivity contribution in [3.8, 4) is 0 Å². The van der Waals surface area contributed by atoms with Gasteiger partial charge in [0.15, 0.2) is 0 Å². The summed E-state index contributed by atoms with van der Waals surface area (Å²) in [5, 5.41) is 0. The van der Waals surface area contributed by atoms with Crippen molar-refractivity contribution >= 4 is 8.07 Å². The van der Waals surface area contributed by atoms with Crippen LogP contribution in [0.25, 0.3) is 0 Å². The third-order valence-corrected chi connectivity index (χ3v) is 3.39. The zero-order chi connectivity index (χ0) is 11.6. The Morgan fingerprint density at radius 1 is 1.07 bits per heavy atom. The van der Waals surface area contributed by atoms with E-state index in [4.69, 9.17) is 0 Å². The van der Waals surface area contributed by atoms with Crippen molar-refractivity contribution in [1.82, 2.24) is 0 Å². The molecule has 15 heavy (non-hydrogen) atoms. The smallest absolute Gasteiger partial charge is 0.132 e. The minimum absolute atomic E-state index is 0.112. The molecular weight excluding hydrogens is 217 g/mol. The van der Waals surface area contributed by atoms with Gasteiger partial charge in [0.05, 0.1) is 0 Å². The van der Waals surface area contributed by atoms with E-state index in [1.165, 1.54) is 6.42 Å².